The highest BCUT2D eigenvalue weighted by Gasteiger charge is 2.34. The summed E-state index contributed by atoms with van der Waals surface area (Å²) >= 11 is 1.33. The second-order valence-electron chi connectivity index (χ2n) is 7.30. The highest BCUT2D eigenvalue weighted by atomic mass is 32.2. The molecule has 0 heterocycles. The first-order valence-corrected chi connectivity index (χ1v) is 12.0. The third kappa shape index (κ3) is 6.98. The summed E-state index contributed by atoms with van der Waals surface area (Å²) in [6, 6.07) is 8.46. The molecule has 0 saturated heterocycles. The lowest BCUT2D eigenvalue weighted by Crippen LogP contribution is -2.30. The summed E-state index contributed by atoms with van der Waals surface area (Å²) in [5, 5.41) is 2.44. The Kier molecular flexibility index (Phi) is 8.18. The third-order valence-electron chi connectivity index (χ3n) is 4.27. The molecule has 170 valence electrons. The first-order chi connectivity index (χ1) is 14.3. The zero-order valence-electron chi connectivity index (χ0n) is 17.6. The first kappa shape index (κ1) is 25.2. The largest absolute Gasteiger partial charge is 0.418 e. The van der Waals surface area contributed by atoms with Crippen LogP contribution in [0.2, 0.25) is 0 Å². The van der Waals surface area contributed by atoms with E-state index in [1.807, 2.05) is 13.8 Å². The number of hydrogen-bond donors (Lipinski definition) is 2. The van der Waals surface area contributed by atoms with Crippen LogP contribution in [0.3, 0.4) is 0 Å². The second kappa shape index (κ2) is 10.1. The number of alkyl halides is 3. The van der Waals surface area contributed by atoms with E-state index in [0.717, 1.165) is 12.5 Å². The lowest BCUT2D eigenvalue weighted by molar-refractivity contribution is -0.137. The van der Waals surface area contributed by atoms with E-state index in [9.17, 15) is 26.4 Å². The minimum absolute atomic E-state index is 0.0367. The van der Waals surface area contributed by atoms with E-state index in [-0.39, 0.29) is 27.4 Å². The number of thioether (sulfide) groups is 1. The summed E-state index contributed by atoms with van der Waals surface area (Å²) < 4.78 is 67.4. The van der Waals surface area contributed by atoms with Crippen LogP contribution in [0.15, 0.2) is 52.3 Å². The number of benzene rings is 2. The van der Waals surface area contributed by atoms with Crippen molar-refractivity contribution in [1.29, 1.82) is 0 Å². The quantitative estimate of drug-likeness (QED) is 0.493. The van der Waals surface area contributed by atoms with Crippen molar-refractivity contribution in [2.24, 2.45) is 0 Å². The van der Waals surface area contributed by atoms with Crippen LogP contribution in [0.5, 0.6) is 0 Å². The predicted molar refractivity (Wildman–Crippen MR) is 117 cm³/mol. The molecule has 1 atom stereocenters. The summed E-state index contributed by atoms with van der Waals surface area (Å²) in [5.41, 5.74) is -1.26. The maximum atomic E-state index is 13.6. The summed E-state index contributed by atoms with van der Waals surface area (Å²) in [5.74, 6) is -0.770. The number of amides is 1. The number of anilines is 1. The van der Waals surface area contributed by atoms with Crippen molar-refractivity contribution in [1.82, 2.24) is 4.72 Å². The molecule has 2 rings (SSSR count). The van der Waals surface area contributed by atoms with Gasteiger partial charge < -0.3 is 5.32 Å². The maximum Gasteiger partial charge on any atom is 0.418 e. The van der Waals surface area contributed by atoms with E-state index >= 15 is 0 Å². The van der Waals surface area contributed by atoms with Crippen molar-refractivity contribution in [3.8, 4) is 0 Å². The predicted octanol–water partition coefficient (Wildman–Crippen LogP) is 5.54. The molecule has 0 radical (unpaired) electrons. The summed E-state index contributed by atoms with van der Waals surface area (Å²) in [7, 11) is -3.74. The van der Waals surface area contributed by atoms with Crippen LogP contribution in [0, 0.1) is 0 Å². The molecule has 0 aliphatic carbocycles. The summed E-state index contributed by atoms with van der Waals surface area (Å²) in [6.45, 7) is 7.22. The molecular formula is C21H25F3N2O3S2. The standard InChI is InChI=1S/C21H25F3N2O3S2/c1-5-14(4)30-16-8-11-19(18(12-16)21(22,23)24)25-20(27)15-6-9-17(10-7-15)31(28,29)26-13(2)3/h6-14,26H,5H2,1-4H3,(H,25,27). The smallest absolute Gasteiger partial charge is 0.321 e. The van der Waals surface area contributed by atoms with E-state index in [1.54, 1.807) is 13.8 Å². The van der Waals surface area contributed by atoms with Gasteiger partial charge >= 0.3 is 6.18 Å². The van der Waals surface area contributed by atoms with Crippen molar-refractivity contribution >= 4 is 33.4 Å². The van der Waals surface area contributed by atoms with Crippen LogP contribution >= 0.6 is 11.8 Å². The van der Waals surface area contributed by atoms with Crippen LogP contribution in [-0.4, -0.2) is 25.6 Å². The molecule has 5 nitrogen and oxygen atoms in total. The summed E-state index contributed by atoms with van der Waals surface area (Å²) in [4.78, 5) is 12.9. The molecule has 1 unspecified atom stereocenters. The topological polar surface area (TPSA) is 75.3 Å². The van der Waals surface area contributed by atoms with Crippen LogP contribution in [0.25, 0.3) is 0 Å². The number of hydrogen-bond acceptors (Lipinski definition) is 4. The van der Waals surface area contributed by atoms with Gasteiger partial charge in [0.1, 0.15) is 0 Å². The fraction of sp³-hybridized carbons (Fsp3) is 0.381. The Balaban J connectivity index is 2.26. The van der Waals surface area contributed by atoms with Gasteiger partial charge in [-0.15, -0.1) is 11.8 Å². The molecule has 0 spiro atoms. The van der Waals surface area contributed by atoms with Gasteiger partial charge in [0.2, 0.25) is 10.0 Å². The fourth-order valence-corrected chi connectivity index (χ4v) is 4.83. The Morgan fingerprint density at radius 3 is 2.19 bits per heavy atom. The van der Waals surface area contributed by atoms with Gasteiger partial charge in [0.15, 0.2) is 0 Å². The SMILES string of the molecule is CCC(C)Sc1ccc(NC(=O)c2ccc(S(=O)(=O)NC(C)C)cc2)c(C(F)(F)F)c1. The average molecular weight is 475 g/mol. The van der Waals surface area contributed by atoms with Gasteiger partial charge in [-0.05, 0) is 62.7 Å². The molecule has 31 heavy (non-hydrogen) atoms. The number of carbonyl (C=O) groups is 1. The molecule has 2 aromatic rings. The number of carbonyl (C=O) groups excluding carboxylic acids is 1. The van der Waals surface area contributed by atoms with Gasteiger partial charge in [-0.3, -0.25) is 4.79 Å². The van der Waals surface area contributed by atoms with E-state index < -0.39 is 27.7 Å². The van der Waals surface area contributed by atoms with Gasteiger partial charge in [-0.2, -0.15) is 13.2 Å². The van der Waals surface area contributed by atoms with Gasteiger partial charge in [-0.1, -0.05) is 13.8 Å². The zero-order chi connectivity index (χ0) is 23.4. The van der Waals surface area contributed by atoms with Crippen molar-refractivity contribution in [3.05, 3.63) is 53.6 Å². The van der Waals surface area contributed by atoms with Gasteiger partial charge in [0.05, 0.1) is 16.1 Å². The molecule has 0 aliphatic heterocycles. The zero-order valence-corrected chi connectivity index (χ0v) is 19.2. The highest BCUT2D eigenvalue weighted by molar-refractivity contribution is 7.99. The Morgan fingerprint density at radius 1 is 1.06 bits per heavy atom. The third-order valence-corrected chi connectivity index (χ3v) is 7.21. The minimum Gasteiger partial charge on any atom is -0.321 e. The van der Waals surface area contributed by atoms with Crippen molar-refractivity contribution in [2.75, 3.05) is 5.32 Å². The van der Waals surface area contributed by atoms with Crippen LogP contribution in [0.1, 0.15) is 50.0 Å². The van der Waals surface area contributed by atoms with Crippen molar-refractivity contribution < 1.29 is 26.4 Å². The van der Waals surface area contributed by atoms with E-state index in [0.29, 0.717) is 4.90 Å². The molecule has 0 fully saturated rings. The lowest BCUT2D eigenvalue weighted by Gasteiger charge is -2.16. The maximum absolute atomic E-state index is 13.6. The van der Waals surface area contributed by atoms with Crippen molar-refractivity contribution in [2.45, 2.75) is 61.4 Å². The Hall–Kier alpha value is -2.04. The van der Waals surface area contributed by atoms with Crippen LogP contribution in [-0.2, 0) is 16.2 Å². The Morgan fingerprint density at radius 2 is 1.68 bits per heavy atom. The van der Waals surface area contributed by atoms with Crippen LogP contribution < -0.4 is 10.0 Å². The monoisotopic (exact) mass is 474 g/mol. The Bertz CT molecular complexity index is 1020. The molecular weight excluding hydrogens is 449 g/mol. The minimum atomic E-state index is -4.64. The van der Waals surface area contributed by atoms with Crippen LogP contribution in [0.4, 0.5) is 18.9 Å². The first-order valence-electron chi connectivity index (χ1n) is 9.65. The molecule has 0 aromatic heterocycles. The van der Waals surface area contributed by atoms with Gasteiger partial charge in [-0.25, -0.2) is 13.1 Å². The second-order valence-corrected chi connectivity index (χ2v) is 10.5. The number of rotatable bonds is 8. The van der Waals surface area contributed by atoms with Gasteiger partial charge in [0.25, 0.3) is 5.91 Å². The molecule has 10 heteroatoms. The van der Waals surface area contributed by atoms with Crippen molar-refractivity contribution in [3.63, 3.8) is 0 Å². The normalized spacial score (nSPS) is 13.3. The number of sulfonamides is 1. The van der Waals surface area contributed by atoms with E-state index in [2.05, 4.69) is 10.0 Å². The molecule has 0 bridgehead atoms. The molecule has 0 saturated carbocycles. The molecule has 1 amide bonds. The number of halogens is 3. The Labute approximate surface area is 184 Å². The average Bonchev–Trinajstić information content (AvgIpc) is 2.67. The van der Waals surface area contributed by atoms with E-state index in [1.165, 1.54) is 48.2 Å². The fourth-order valence-electron chi connectivity index (χ4n) is 2.61. The molecule has 2 N–H and O–H groups in total. The molecule has 2 aromatic carbocycles. The lowest BCUT2D eigenvalue weighted by atomic mass is 10.1. The highest BCUT2D eigenvalue weighted by Crippen LogP contribution is 2.38. The van der Waals surface area contributed by atoms with E-state index in [4.69, 9.17) is 0 Å². The van der Waals surface area contributed by atoms with Gasteiger partial charge in [0, 0.05) is 21.8 Å². The number of nitrogens with one attached hydrogen (secondary N) is 2. The summed E-state index contributed by atoms with van der Waals surface area (Å²) in [6.07, 6.45) is -3.84. The molecule has 0 aliphatic rings.